The number of likely N-dealkylation sites (N-methyl/N-ethyl adjacent to an activating group) is 1. The van der Waals surface area contributed by atoms with Crippen molar-refractivity contribution in [2.45, 2.75) is 19.8 Å². The zero-order valence-electron chi connectivity index (χ0n) is 19.5. The summed E-state index contributed by atoms with van der Waals surface area (Å²) in [5.41, 5.74) is 19.5. The highest BCUT2D eigenvalue weighted by molar-refractivity contribution is 6.03. The van der Waals surface area contributed by atoms with Crippen molar-refractivity contribution >= 4 is 17.6 Å². The maximum Gasteiger partial charge on any atom is 0.225 e. The van der Waals surface area contributed by atoms with Gasteiger partial charge in [-0.25, -0.2) is 9.98 Å². The molecule has 9 nitrogen and oxygen atoms in total. The van der Waals surface area contributed by atoms with Crippen molar-refractivity contribution in [3.8, 4) is 11.8 Å². The normalized spacial score (nSPS) is 18.9. The van der Waals surface area contributed by atoms with Crippen LogP contribution >= 0.6 is 0 Å². The van der Waals surface area contributed by atoms with Crippen molar-refractivity contribution < 1.29 is 4.79 Å². The topological polar surface area (TPSA) is 130 Å². The van der Waals surface area contributed by atoms with E-state index in [0.717, 1.165) is 39.0 Å². The molecule has 0 aromatic carbocycles. The summed E-state index contributed by atoms with van der Waals surface area (Å²) in [6, 6.07) is 3.49. The number of rotatable bonds is 3. The summed E-state index contributed by atoms with van der Waals surface area (Å²) in [5.74, 6) is 7.66. The van der Waals surface area contributed by atoms with E-state index in [2.05, 4.69) is 45.2 Å². The van der Waals surface area contributed by atoms with E-state index in [1.54, 1.807) is 25.3 Å². The maximum atomic E-state index is 13.0. The number of nitrogen functional groups attached to an aromatic ring is 1. The zero-order valence-corrected chi connectivity index (χ0v) is 19.5. The number of nitrogens with two attached hydrogens (primary N) is 3. The van der Waals surface area contributed by atoms with E-state index in [1.165, 1.54) is 0 Å². The number of carbonyl (C=O) groups excluding carboxylic acids is 1. The molecule has 0 aliphatic carbocycles. The van der Waals surface area contributed by atoms with Gasteiger partial charge in [-0.15, -0.1) is 0 Å². The third-order valence-electron chi connectivity index (χ3n) is 5.94. The van der Waals surface area contributed by atoms with Crippen LogP contribution in [0.5, 0.6) is 0 Å². The van der Waals surface area contributed by atoms with Gasteiger partial charge in [-0.05, 0) is 38.9 Å². The molecule has 2 aliphatic heterocycles. The molecule has 9 heteroatoms. The molecule has 0 unspecified atom stereocenters. The molecule has 2 saturated heterocycles. The van der Waals surface area contributed by atoms with Crippen LogP contribution in [0.1, 0.15) is 25.3 Å². The van der Waals surface area contributed by atoms with Crippen LogP contribution in [0.4, 0.5) is 5.82 Å². The number of anilines is 1. The molecule has 2 fully saturated rings. The van der Waals surface area contributed by atoms with E-state index in [1.807, 2.05) is 4.90 Å². The molecular weight excluding hydrogens is 416 g/mol. The van der Waals surface area contributed by atoms with Crippen molar-refractivity contribution in [3.05, 3.63) is 47.6 Å². The number of likely N-dealkylation sites (tertiary alicyclic amines) is 1. The van der Waals surface area contributed by atoms with Crippen LogP contribution < -0.4 is 17.2 Å². The Morgan fingerprint density at radius 1 is 1.12 bits per heavy atom. The Labute approximate surface area is 196 Å². The lowest BCUT2D eigenvalue weighted by atomic mass is 9.94. The SMILES string of the molecule is C=C(N)/N=C(\C(C#Cc1ccc(N)nc1)=C(\C)N)N1CCC(C(=O)N2CCN(C)CC2)CC1. The number of aliphatic imine (C=N–C) groups is 1. The van der Waals surface area contributed by atoms with Crippen molar-refractivity contribution in [1.29, 1.82) is 0 Å². The Morgan fingerprint density at radius 3 is 2.33 bits per heavy atom. The molecular formula is C24H34N8O. The van der Waals surface area contributed by atoms with Gasteiger partial charge in [-0.3, -0.25) is 4.79 Å². The number of allylic oxidation sites excluding steroid dienone is 1. The van der Waals surface area contributed by atoms with Crippen LogP contribution in [0.25, 0.3) is 0 Å². The number of piperidine rings is 1. The Morgan fingerprint density at radius 2 is 1.79 bits per heavy atom. The van der Waals surface area contributed by atoms with Crippen LogP contribution in [0.3, 0.4) is 0 Å². The highest BCUT2D eigenvalue weighted by Crippen LogP contribution is 2.23. The standard InChI is InChI=1S/C24H34N8O/c1-17(25)21(6-4-19-5-7-22(27)28-16-19)23(29-18(2)26)31-10-8-20(9-11-31)24(33)32-14-12-30(3)13-15-32/h5,7,16,20H,2,8-15,25-26H2,1,3H3,(H2,27,28)/b21-17-,29-23+. The first-order valence-electron chi connectivity index (χ1n) is 11.2. The average molecular weight is 451 g/mol. The predicted molar refractivity (Wildman–Crippen MR) is 132 cm³/mol. The number of nitrogens with zero attached hydrogens (tertiary/aromatic N) is 5. The summed E-state index contributed by atoms with van der Waals surface area (Å²) in [5, 5.41) is 0. The van der Waals surface area contributed by atoms with E-state index >= 15 is 0 Å². The van der Waals surface area contributed by atoms with Gasteiger partial charge in [-0.1, -0.05) is 18.4 Å². The molecule has 0 atom stereocenters. The second-order valence-electron chi connectivity index (χ2n) is 8.60. The minimum atomic E-state index is 0.0188. The number of amidine groups is 1. The van der Waals surface area contributed by atoms with Crippen molar-refractivity contribution in [2.75, 3.05) is 52.0 Å². The van der Waals surface area contributed by atoms with Gasteiger partial charge in [-0.2, -0.15) is 0 Å². The van der Waals surface area contributed by atoms with E-state index < -0.39 is 0 Å². The molecule has 0 spiro atoms. The Hall–Kier alpha value is -3.51. The van der Waals surface area contributed by atoms with Gasteiger partial charge in [0.05, 0.1) is 5.57 Å². The van der Waals surface area contributed by atoms with Crippen LogP contribution in [-0.2, 0) is 4.79 Å². The van der Waals surface area contributed by atoms with Gasteiger partial charge in [0.2, 0.25) is 5.91 Å². The number of hydrogen-bond donors (Lipinski definition) is 3. The van der Waals surface area contributed by atoms with Gasteiger partial charge in [0.15, 0.2) is 0 Å². The minimum absolute atomic E-state index is 0.0188. The maximum absolute atomic E-state index is 13.0. The van der Waals surface area contributed by atoms with E-state index in [9.17, 15) is 4.79 Å². The van der Waals surface area contributed by atoms with Crippen LogP contribution in [-0.4, -0.2) is 77.7 Å². The number of amides is 1. The summed E-state index contributed by atoms with van der Waals surface area (Å²) >= 11 is 0. The Bertz CT molecular complexity index is 982. The summed E-state index contributed by atoms with van der Waals surface area (Å²) < 4.78 is 0. The molecule has 1 aromatic rings. The van der Waals surface area contributed by atoms with Crippen molar-refractivity contribution in [3.63, 3.8) is 0 Å². The quantitative estimate of drug-likeness (QED) is 0.348. The molecule has 1 aromatic heterocycles. The first-order chi connectivity index (χ1) is 15.7. The third kappa shape index (κ3) is 6.49. The van der Waals surface area contributed by atoms with Gasteiger partial charge in [0.25, 0.3) is 0 Å². The van der Waals surface area contributed by atoms with Gasteiger partial charge < -0.3 is 31.9 Å². The highest BCUT2D eigenvalue weighted by Gasteiger charge is 2.31. The van der Waals surface area contributed by atoms with Crippen molar-refractivity contribution in [2.24, 2.45) is 22.4 Å². The molecule has 0 saturated carbocycles. The number of hydrogen-bond acceptors (Lipinski definition) is 7. The lowest BCUT2D eigenvalue weighted by Crippen LogP contribution is -2.51. The largest absolute Gasteiger partial charge is 0.401 e. The van der Waals surface area contributed by atoms with Crippen molar-refractivity contribution in [1.82, 2.24) is 19.7 Å². The first-order valence-corrected chi connectivity index (χ1v) is 11.2. The highest BCUT2D eigenvalue weighted by atomic mass is 16.2. The molecule has 3 rings (SSSR count). The fourth-order valence-corrected chi connectivity index (χ4v) is 3.99. The molecule has 33 heavy (non-hydrogen) atoms. The zero-order chi connectivity index (χ0) is 24.0. The summed E-state index contributed by atoms with van der Waals surface area (Å²) in [6.07, 6.45) is 3.10. The molecule has 0 bridgehead atoms. The molecule has 176 valence electrons. The molecule has 1 amide bonds. The van der Waals surface area contributed by atoms with Crippen LogP contribution in [0.2, 0.25) is 0 Å². The van der Waals surface area contributed by atoms with E-state index in [0.29, 0.717) is 41.6 Å². The number of pyridine rings is 1. The summed E-state index contributed by atoms with van der Waals surface area (Å²) in [4.78, 5) is 27.9. The van der Waals surface area contributed by atoms with Gasteiger partial charge in [0, 0.05) is 62.6 Å². The monoisotopic (exact) mass is 450 g/mol. The Kier molecular flexibility index (Phi) is 7.96. The predicted octanol–water partition coefficient (Wildman–Crippen LogP) is 0.562. The second-order valence-corrected chi connectivity index (χ2v) is 8.60. The summed E-state index contributed by atoms with van der Waals surface area (Å²) in [6.45, 7) is 10.3. The fourth-order valence-electron chi connectivity index (χ4n) is 3.99. The smallest absolute Gasteiger partial charge is 0.225 e. The Balaban J connectivity index is 1.74. The molecule has 2 aliphatic rings. The number of carbonyl (C=O) groups is 1. The van der Waals surface area contributed by atoms with Crippen LogP contribution in [0.15, 0.2) is 47.0 Å². The average Bonchev–Trinajstić information content (AvgIpc) is 2.79. The molecule has 6 N–H and O–H groups in total. The molecule has 3 heterocycles. The van der Waals surface area contributed by atoms with Crippen LogP contribution in [0, 0.1) is 17.8 Å². The first kappa shape index (κ1) is 24.1. The number of aromatic nitrogens is 1. The minimum Gasteiger partial charge on any atom is -0.401 e. The van der Waals surface area contributed by atoms with Gasteiger partial charge in [0.1, 0.15) is 17.5 Å². The van der Waals surface area contributed by atoms with E-state index in [-0.39, 0.29) is 17.6 Å². The third-order valence-corrected chi connectivity index (χ3v) is 5.94. The van der Waals surface area contributed by atoms with Gasteiger partial charge >= 0.3 is 0 Å². The lowest BCUT2D eigenvalue weighted by Gasteiger charge is -2.38. The number of piperazine rings is 1. The van der Waals surface area contributed by atoms with E-state index in [4.69, 9.17) is 17.2 Å². The lowest BCUT2D eigenvalue weighted by molar-refractivity contribution is -0.138. The molecule has 0 radical (unpaired) electrons. The fraction of sp³-hybridized carbons (Fsp3) is 0.458. The second kappa shape index (κ2) is 10.9. The summed E-state index contributed by atoms with van der Waals surface area (Å²) in [7, 11) is 2.09.